The summed E-state index contributed by atoms with van der Waals surface area (Å²) >= 11 is 0. The predicted molar refractivity (Wildman–Crippen MR) is 97.5 cm³/mol. The normalized spacial score (nSPS) is 19.5. The van der Waals surface area contributed by atoms with Crippen LogP contribution in [0.1, 0.15) is 36.4 Å². The second kappa shape index (κ2) is 7.04. The number of hydrogen-bond acceptors (Lipinski definition) is 3. The minimum atomic E-state index is -0.424. The molecule has 0 saturated carbocycles. The lowest BCUT2D eigenvalue weighted by atomic mass is 9.85. The van der Waals surface area contributed by atoms with E-state index in [2.05, 4.69) is 10.6 Å². The number of amides is 2. The monoisotopic (exact) mass is 348 g/mol. The van der Waals surface area contributed by atoms with E-state index >= 15 is 0 Å². The van der Waals surface area contributed by atoms with Gasteiger partial charge in [-0.2, -0.15) is 0 Å². The third-order valence-electron chi connectivity index (χ3n) is 4.72. The first-order valence-corrected chi connectivity index (χ1v) is 8.81. The van der Waals surface area contributed by atoms with Gasteiger partial charge >= 0.3 is 6.03 Å². The van der Waals surface area contributed by atoms with Crippen LogP contribution in [0.3, 0.4) is 0 Å². The summed E-state index contributed by atoms with van der Waals surface area (Å²) in [4.78, 5) is 24.4. The standard InChI is InChI=1S/C21H20N2O3/c24-18-11-5-10-17-19(18)20(23-21(25)22-17)15-8-4-9-16(12-15)26-13-14-6-2-1-3-7-14/h1-4,6-9,12,20H,5,10-11,13H2,(H2,22,23,25)/t20-/m1/s1. The molecule has 0 saturated heterocycles. The van der Waals surface area contributed by atoms with Crippen molar-refractivity contribution in [2.45, 2.75) is 31.9 Å². The number of carbonyl (C=O) groups is 2. The van der Waals surface area contributed by atoms with Crippen molar-refractivity contribution in [3.63, 3.8) is 0 Å². The van der Waals surface area contributed by atoms with Crippen molar-refractivity contribution in [3.05, 3.63) is 77.0 Å². The van der Waals surface area contributed by atoms with Crippen LogP contribution in [0.5, 0.6) is 5.75 Å². The lowest BCUT2D eigenvalue weighted by Gasteiger charge is -2.32. The van der Waals surface area contributed by atoms with Crippen molar-refractivity contribution in [2.24, 2.45) is 0 Å². The summed E-state index contributed by atoms with van der Waals surface area (Å²) in [5.74, 6) is 0.809. The van der Waals surface area contributed by atoms with Crippen molar-refractivity contribution < 1.29 is 14.3 Å². The number of ether oxygens (including phenoxy) is 1. The number of ketones is 1. The number of nitrogens with one attached hydrogen (secondary N) is 2. The lowest BCUT2D eigenvalue weighted by Crippen LogP contribution is -2.46. The first-order valence-electron chi connectivity index (χ1n) is 8.81. The summed E-state index contributed by atoms with van der Waals surface area (Å²) in [6.45, 7) is 0.468. The van der Waals surface area contributed by atoms with Gasteiger partial charge in [-0.3, -0.25) is 4.79 Å². The molecule has 5 nitrogen and oxygen atoms in total. The van der Waals surface area contributed by atoms with E-state index < -0.39 is 6.04 Å². The van der Waals surface area contributed by atoms with Crippen LogP contribution in [0.4, 0.5) is 4.79 Å². The van der Waals surface area contributed by atoms with Gasteiger partial charge in [-0.05, 0) is 36.1 Å². The molecule has 2 N–H and O–H groups in total. The summed E-state index contributed by atoms with van der Waals surface area (Å²) in [6.07, 6.45) is 2.04. The molecule has 1 aliphatic heterocycles. The quantitative estimate of drug-likeness (QED) is 0.887. The Bertz CT molecular complexity index is 874. The zero-order valence-corrected chi connectivity index (χ0v) is 14.3. The number of rotatable bonds is 4. The molecule has 1 heterocycles. The Hall–Kier alpha value is -3.08. The topological polar surface area (TPSA) is 67.4 Å². The average Bonchev–Trinajstić information content (AvgIpc) is 2.67. The SMILES string of the molecule is O=C1NC2=C(C(=O)CCC2)[C@@H](c2cccc(OCc3ccccc3)c2)N1. The van der Waals surface area contributed by atoms with Crippen molar-refractivity contribution in [1.29, 1.82) is 0 Å². The van der Waals surface area contributed by atoms with E-state index in [0.717, 1.165) is 29.7 Å². The Balaban J connectivity index is 1.59. The molecular weight excluding hydrogens is 328 g/mol. The van der Waals surface area contributed by atoms with Gasteiger partial charge in [0, 0.05) is 17.7 Å². The highest BCUT2D eigenvalue weighted by atomic mass is 16.5. The summed E-state index contributed by atoms with van der Waals surface area (Å²) in [6, 6.07) is 16.8. The van der Waals surface area contributed by atoms with Crippen molar-refractivity contribution >= 4 is 11.8 Å². The second-order valence-electron chi connectivity index (χ2n) is 6.55. The molecule has 1 aliphatic carbocycles. The highest BCUT2D eigenvalue weighted by Gasteiger charge is 2.34. The van der Waals surface area contributed by atoms with Gasteiger partial charge in [0.1, 0.15) is 12.4 Å². The molecule has 0 bridgehead atoms. The highest BCUT2D eigenvalue weighted by Crippen LogP contribution is 2.34. The fourth-order valence-electron chi connectivity index (χ4n) is 3.48. The van der Waals surface area contributed by atoms with Crippen molar-refractivity contribution in [1.82, 2.24) is 10.6 Å². The van der Waals surface area contributed by atoms with E-state index in [0.29, 0.717) is 24.4 Å². The van der Waals surface area contributed by atoms with Crippen LogP contribution in [0, 0.1) is 0 Å². The van der Waals surface area contributed by atoms with Gasteiger partial charge < -0.3 is 15.4 Å². The minimum absolute atomic E-state index is 0.0966. The third-order valence-corrected chi connectivity index (χ3v) is 4.72. The number of hydrogen-bond donors (Lipinski definition) is 2. The van der Waals surface area contributed by atoms with Crippen LogP contribution in [0.2, 0.25) is 0 Å². The van der Waals surface area contributed by atoms with E-state index in [9.17, 15) is 9.59 Å². The smallest absolute Gasteiger partial charge is 0.319 e. The molecule has 2 amide bonds. The van der Waals surface area contributed by atoms with Crippen LogP contribution in [-0.4, -0.2) is 11.8 Å². The minimum Gasteiger partial charge on any atom is -0.489 e. The lowest BCUT2D eigenvalue weighted by molar-refractivity contribution is -0.116. The van der Waals surface area contributed by atoms with Crippen molar-refractivity contribution in [3.8, 4) is 5.75 Å². The zero-order valence-electron chi connectivity index (χ0n) is 14.3. The second-order valence-corrected chi connectivity index (χ2v) is 6.55. The van der Waals surface area contributed by atoms with Gasteiger partial charge in [-0.1, -0.05) is 42.5 Å². The average molecular weight is 348 g/mol. The van der Waals surface area contributed by atoms with Crippen LogP contribution in [0.25, 0.3) is 0 Å². The van der Waals surface area contributed by atoms with E-state index in [4.69, 9.17) is 4.74 Å². The molecule has 5 heteroatoms. The highest BCUT2D eigenvalue weighted by molar-refractivity contribution is 6.00. The summed E-state index contributed by atoms with van der Waals surface area (Å²) < 4.78 is 5.88. The first-order chi connectivity index (χ1) is 12.7. The molecule has 2 aliphatic rings. The van der Waals surface area contributed by atoms with Gasteiger partial charge in [0.05, 0.1) is 6.04 Å². The molecule has 0 radical (unpaired) electrons. The van der Waals surface area contributed by atoms with E-state index in [1.807, 2.05) is 54.6 Å². The zero-order chi connectivity index (χ0) is 17.9. The summed E-state index contributed by atoms with van der Waals surface area (Å²) in [5, 5.41) is 5.67. The van der Waals surface area contributed by atoms with E-state index in [1.165, 1.54) is 0 Å². The van der Waals surface area contributed by atoms with Crippen LogP contribution >= 0.6 is 0 Å². The molecule has 0 aromatic heterocycles. The Morgan fingerprint density at radius 2 is 1.85 bits per heavy atom. The largest absolute Gasteiger partial charge is 0.489 e. The van der Waals surface area contributed by atoms with Gasteiger partial charge in [-0.25, -0.2) is 4.79 Å². The Morgan fingerprint density at radius 1 is 1.00 bits per heavy atom. The number of Topliss-reactive ketones (excluding diaryl/α,β-unsaturated/α-hetero) is 1. The molecular formula is C21H20N2O3. The number of allylic oxidation sites excluding steroid dienone is 1. The molecule has 26 heavy (non-hydrogen) atoms. The third kappa shape index (κ3) is 3.33. The molecule has 0 unspecified atom stereocenters. The molecule has 4 rings (SSSR count). The molecule has 132 valence electrons. The predicted octanol–water partition coefficient (Wildman–Crippen LogP) is 3.63. The van der Waals surface area contributed by atoms with Gasteiger partial charge in [0.15, 0.2) is 5.78 Å². The van der Waals surface area contributed by atoms with Crippen LogP contribution < -0.4 is 15.4 Å². The maximum atomic E-state index is 12.4. The number of carbonyl (C=O) groups excluding carboxylic acids is 2. The maximum absolute atomic E-state index is 12.4. The van der Waals surface area contributed by atoms with Gasteiger partial charge in [0.25, 0.3) is 0 Å². The van der Waals surface area contributed by atoms with Gasteiger partial charge in [0.2, 0.25) is 0 Å². The number of benzene rings is 2. The molecule has 2 aromatic carbocycles. The fraction of sp³-hybridized carbons (Fsp3) is 0.238. The fourth-order valence-corrected chi connectivity index (χ4v) is 3.48. The molecule has 0 spiro atoms. The Morgan fingerprint density at radius 3 is 2.69 bits per heavy atom. The van der Waals surface area contributed by atoms with Crippen LogP contribution in [-0.2, 0) is 11.4 Å². The van der Waals surface area contributed by atoms with Crippen LogP contribution in [0.15, 0.2) is 65.9 Å². The van der Waals surface area contributed by atoms with E-state index in [-0.39, 0.29) is 11.8 Å². The molecule has 2 aromatic rings. The molecule has 1 atom stereocenters. The maximum Gasteiger partial charge on any atom is 0.319 e. The van der Waals surface area contributed by atoms with Crippen molar-refractivity contribution in [2.75, 3.05) is 0 Å². The molecule has 0 fully saturated rings. The summed E-state index contributed by atoms with van der Waals surface area (Å²) in [5.41, 5.74) is 3.37. The number of urea groups is 1. The van der Waals surface area contributed by atoms with E-state index in [1.54, 1.807) is 0 Å². The Kier molecular flexibility index (Phi) is 4.44. The first kappa shape index (κ1) is 16.4. The summed E-state index contributed by atoms with van der Waals surface area (Å²) in [7, 11) is 0. The van der Waals surface area contributed by atoms with Gasteiger partial charge in [-0.15, -0.1) is 0 Å². The Labute approximate surface area is 152 Å².